The summed E-state index contributed by atoms with van der Waals surface area (Å²) in [4.78, 5) is 12.9. The molecule has 0 unspecified atom stereocenters. The molecule has 1 amide bonds. The van der Waals surface area contributed by atoms with Gasteiger partial charge in [0, 0.05) is 16.1 Å². The lowest BCUT2D eigenvalue weighted by molar-refractivity contribution is 0.0941. The first-order valence-corrected chi connectivity index (χ1v) is 7.47. The van der Waals surface area contributed by atoms with Crippen LogP contribution in [0.4, 0.5) is 4.39 Å². The van der Waals surface area contributed by atoms with E-state index in [2.05, 4.69) is 5.32 Å². The average molecular weight is 277 g/mol. The lowest BCUT2D eigenvalue weighted by Crippen LogP contribution is -2.32. The highest BCUT2D eigenvalue weighted by Gasteiger charge is 2.22. The fourth-order valence-electron chi connectivity index (χ4n) is 2.79. The van der Waals surface area contributed by atoms with Gasteiger partial charge >= 0.3 is 0 Å². The number of carbonyl (C=O) groups is 1. The van der Waals surface area contributed by atoms with Gasteiger partial charge in [-0.3, -0.25) is 4.79 Å². The summed E-state index contributed by atoms with van der Waals surface area (Å²) in [6, 6.07) is 5.29. The standard InChI is InChI=1S/C15H16FNOS/c1-9-13-11(16)7-4-8-12(13)19-14(9)15(18)17-10-5-2-3-6-10/h4,7-8,10H,2-3,5-6H2,1H3,(H,17,18). The maximum absolute atomic E-state index is 13.8. The van der Waals surface area contributed by atoms with Gasteiger partial charge in [-0.05, 0) is 37.5 Å². The highest BCUT2D eigenvalue weighted by atomic mass is 32.1. The molecule has 1 fully saturated rings. The predicted octanol–water partition coefficient (Wildman–Crippen LogP) is 4.02. The van der Waals surface area contributed by atoms with Crippen LogP contribution in [0, 0.1) is 12.7 Å². The van der Waals surface area contributed by atoms with Crippen LogP contribution in [0.25, 0.3) is 10.1 Å². The Morgan fingerprint density at radius 2 is 2.11 bits per heavy atom. The smallest absolute Gasteiger partial charge is 0.261 e. The molecule has 1 N–H and O–H groups in total. The third kappa shape index (κ3) is 2.25. The summed E-state index contributed by atoms with van der Waals surface area (Å²) in [5, 5.41) is 3.65. The lowest BCUT2D eigenvalue weighted by Gasteiger charge is -2.11. The summed E-state index contributed by atoms with van der Waals surface area (Å²) in [5.74, 6) is -0.295. The molecule has 2 aromatic rings. The minimum atomic E-state index is -0.244. The van der Waals surface area contributed by atoms with Crippen molar-refractivity contribution in [2.45, 2.75) is 38.6 Å². The zero-order chi connectivity index (χ0) is 13.4. The first-order chi connectivity index (χ1) is 9.16. The average Bonchev–Trinajstić information content (AvgIpc) is 2.98. The van der Waals surface area contributed by atoms with Crippen molar-refractivity contribution in [3.05, 3.63) is 34.5 Å². The van der Waals surface area contributed by atoms with E-state index < -0.39 is 0 Å². The molecular formula is C15H16FNOS. The molecule has 1 aromatic carbocycles. The maximum atomic E-state index is 13.8. The molecule has 100 valence electrons. The Morgan fingerprint density at radius 1 is 1.37 bits per heavy atom. The fraction of sp³-hybridized carbons (Fsp3) is 0.400. The number of rotatable bonds is 2. The largest absolute Gasteiger partial charge is 0.349 e. The van der Waals surface area contributed by atoms with Gasteiger partial charge in [0.05, 0.1) is 4.88 Å². The van der Waals surface area contributed by atoms with Crippen molar-refractivity contribution < 1.29 is 9.18 Å². The second-order valence-corrected chi connectivity index (χ2v) is 6.18. The third-order valence-electron chi connectivity index (χ3n) is 3.80. The molecule has 1 aliphatic carbocycles. The van der Waals surface area contributed by atoms with Crippen LogP contribution in [0.15, 0.2) is 18.2 Å². The normalized spacial score (nSPS) is 16.1. The number of hydrogen-bond donors (Lipinski definition) is 1. The second kappa shape index (κ2) is 4.93. The van der Waals surface area contributed by atoms with Gasteiger partial charge in [-0.25, -0.2) is 4.39 Å². The minimum absolute atomic E-state index is 0.0509. The van der Waals surface area contributed by atoms with E-state index in [1.165, 1.54) is 30.2 Å². The highest BCUT2D eigenvalue weighted by Crippen LogP contribution is 2.32. The zero-order valence-corrected chi connectivity index (χ0v) is 11.6. The number of halogens is 1. The molecule has 1 saturated carbocycles. The number of nitrogens with one attached hydrogen (secondary N) is 1. The van der Waals surface area contributed by atoms with E-state index in [4.69, 9.17) is 0 Å². The molecule has 4 heteroatoms. The van der Waals surface area contributed by atoms with Gasteiger partial charge < -0.3 is 5.32 Å². The van der Waals surface area contributed by atoms with Crippen molar-refractivity contribution in [3.8, 4) is 0 Å². The zero-order valence-electron chi connectivity index (χ0n) is 10.8. The summed E-state index contributed by atoms with van der Waals surface area (Å²) >= 11 is 1.38. The Labute approximate surface area is 115 Å². The number of amides is 1. The molecule has 1 aromatic heterocycles. The van der Waals surface area contributed by atoms with Crippen molar-refractivity contribution in [1.82, 2.24) is 5.32 Å². The van der Waals surface area contributed by atoms with Gasteiger partial charge in [-0.15, -0.1) is 11.3 Å². The van der Waals surface area contributed by atoms with Crippen LogP contribution in [-0.2, 0) is 0 Å². The molecule has 0 saturated heterocycles. The van der Waals surface area contributed by atoms with Gasteiger partial charge in [-0.1, -0.05) is 18.9 Å². The van der Waals surface area contributed by atoms with Crippen molar-refractivity contribution in [2.24, 2.45) is 0 Å². The number of benzene rings is 1. The number of fused-ring (bicyclic) bond motifs is 1. The fourth-order valence-corrected chi connectivity index (χ4v) is 3.92. The monoisotopic (exact) mass is 277 g/mol. The summed E-state index contributed by atoms with van der Waals surface area (Å²) in [6.07, 6.45) is 4.49. The Morgan fingerprint density at radius 3 is 2.79 bits per heavy atom. The number of aryl methyl sites for hydroxylation is 1. The van der Waals surface area contributed by atoms with E-state index in [0.717, 1.165) is 23.1 Å². The van der Waals surface area contributed by atoms with Gasteiger partial charge in [0.2, 0.25) is 0 Å². The van der Waals surface area contributed by atoms with E-state index in [1.54, 1.807) is 6.07 Å². The Balaban J connectivity index is 1.94. The summed E-state index contributed by atoms with van der Waals surface area (Å²) in [6.45, 7) is 1.82. The maximum Gasteiger partial charge on any atom is 0.261 e. The number of thiophene rings is 1. The molecule has 0 atom stereocenters. The Hall–Kier alpha value is -1.42. The highest BCUT2D eigenvalue weighted by molar-refractivity contribution is 7.21. The molecule has 1 aliphatic rings. The molecular weight excluding hydrogens is 261 g/mol. The topological polar surface area (TPSA) is 29.1 Å². The molecule has 19 heavy (non-hydrogen) atoms. The van der Waals surface area contributed by atoms with Crippen LogP contribution in [0.2, 0.25) is 0 Å². The molecule has 1 heterocycles. The van der Waals surface area contributed by atoms with Crippen molar-refractivity contribution in [2.75, 3.05) is 0 Å². The third-order valence-corrected chi connectivity index (χ3v) is 5.06. The molecule has 0 aliphatic heterocycles. The number of carbonyl (C=O) groups excluding carboxylic acids is 1. The van der Waals surface area contributed by atoms with Crippen molar-refractivity contribution in [3.63, 3.8) is 0 Å². The van der Waals surface area contributed by atoms with Crippen LogP contribution >= 0.6 is 11.3 Å². The van der Waals surface area contributed by atoms with Crippen LogP contribution in [0.5, 0.6) is 0 Å². The first-order valence-electron chi connectivity index (χ1n) is 6.65. The Bertz CT molecular complexity index is 628. The van der Waals surface area contributed by atoms with Crippen molar-refractivity contribution in [1.29, 1.82) is 0 Å². The molecule has 3 rings (SSSR count). The van der Waals surface area contributed by atoms with Gasteiger partial charge in [-0.2, -0.15) is 0 Å². The van der Waals surface area contributed by atoms with Crippen LogP contribution < -0.4 is 5.32 Å². The minimum Gasteiger partial charge on any atom is -0.349 e. The van der Waals surface area contributed by atoms with Gasteiger partial charge in [0.1, 0.15) is 5.82 Å². The lowest BCUT2D eigenvalue weighted by atomic mass is 10.1. The van der Waals surface area contributed by atoms with Crippen LogP contribution in [-0.4, -0.2) is 11.9 Å². The van der Waals surface area contributed by atoms with E-state index >= 15 is 0 Å². The van der Waals surface area contributed by atoms with E-state index in [1.807, 2.05) is 13.0 Å². The molecule has 0 bridgehead atoms. The number of hydrogen-bond acceptors (Lipinski definition) is 2. The molecule has 0 spiro atoms. The Kier molecular flexibility index (Phi) is 3.27. The predicted molar refractivity (Wildman–Crippen MR) is 76.2 cm³/mol. The van der Waals surface area contributed by atoms with E-state index in [0.29, 0.717) is 16.3 Å². The van der Waals surface area contributed by atoms with E-state index in [9.17, 15) is 9.18 Å². The SMILES string of the molecule is Cc1c(C(=O)NC2CCCC2)sc2cccc(F)c12. The van der Waals surface area contributed by atoms with Crippen molar-refractivity contribution >= 4 is 27.3 Å². The first kappa shape index (κ1) is 12.6. The second-order valence-electron chi connectivity index (χ2n) is 5.12. The molecule has 0 radical (unpaired) electrons. The van der Waals surface area contributed by atoms with Crippen LogP contribution in [0.3, 0.4) is 0 Å². The van der Waals surface area contributed by atoms with Gasteiger partial charge in [0.15, 0.2) is 0 Å². The summed E-state index contributed by atoms with van der Waals surface area (Å²) in [5.41, 5.74) is 0.758. The summed E-state index contributed by atoms with van der Waals surface area (Å²) in [7, 11) is 0. The summed E-state index contributed by atoms with van der Waals surface area (Å²) < 4.78 is 14.6. The van der Waals surface area contributed by atoms with E-state index in [-0.39, 0.29) is 11.7 Å². The van der Waals surface area contributed by atoms with Gasteiger partial charge in [0.25, 0.3) is 5.91 Å². The molecule has 2 nitrogen and oxygen atoms in total. The quantitative estimate of drug-likeness (QED) is 0.882. The van der Waals surface area contributed by atoms with Crippen LogP contribution in [0.1, 0.15) is 40.9 Å².